The molecule has 21 heavy (non-hydrogen) atoms. The van der Waals surface area contributed by atoms with Crippen LogP contribution in [-0.2, 0) is 11.5 Å². The topological polar surface area (TPSA) is 205 Å². The van der Waals surface area contributed by atoms with E-state index in [1.807, 2.05) is 0 Å². The maximum Gasteiger partial charge on any atom is 1.00 e. The van der Waals surface area contributed by atoms with Crippen LogP contribution in [0.2, 0.25) is 0 Å². The predicted octanol–water partition coefficient (Wildman–Crippen LogP) is -6.84. The Morgan fingerprint density at radius 2 is 1.90 bits per heavy atom. The van der Waals surface area contributed by atoms with Crippen molar-refractivity contribution in [2.24, 2.45) is 0 Å². The molecule has 0 aliphatic carbocycles. The van der Waals surface area contributed by atoms with Crippen LogP contribution in [0.15, 0.2) is 6.33 Å². The molecule has 2 aromatic heterocycles. The molecule has 0 bridgehead atoms. The normalized spacial score (nSPS) is 9.86. The molecular formula is C9H16N5NaO6. The van der Waals surface area contributed by atoms with E-state index < -0.39 is 12.0 Å². The Hall–Kier alpha value is -1.05. The van der Waals surface area contributed by atoms with Crippen molar-refractivity contribution >= 4 is 17.1 Å². The van der Waals surface area contributed by atoms with E-state index in [-0.39, 0.29) is 77.6 Å². The van der Waals surface area contributed by atoms with Crippen LogP contribution in [0.4, 0.5) is 5.95 Å². The molecule has 0 aromatic carbocycles. The second kappa shape index (κ2) is 9.81. The van der Waals surface area contributed by atoms with Gasteiger partial charge in [0.05, 0.1) is 19.5 Å². The number of aliphatic hydroxyl groups is 2. The summed E-state index contributed by atoms with van der Waals surface area (Å²) in [7, 11) is 0. The molecule has 8 N–H and O–H groups in total. The average Bonchev–Trinajstić information content (AvgIpc) is 2.74. The monoisotopic (exact) mass is 313 g/mol. The molecule has 0 saturated heterocycles. The third-order valence-corrected chi connectivity index (χ3v) is 2.31. The summed E-state index contributed by atoms with van der Waals surface area (Å²) in [6.45, 7) is -0.641. The second-order valence-electron chi connectivity index (χ2n) is 3.56. The molecule has 0 atom stereocenters. The van der Waals surface area contributed by atoms with Crippen LogP contribution in [0, 0.1) is 0 Å². The molecule has 2 aromatic rings. The van der Waals surface area contributed by atoms with Gasteiger partial charge in [0.25, 0.3) is 0 Å². The largest absolute Gasteiger partial charge is 1.00 e. The van der Waals surface area contributed by atoms with E-state index in [4.69, 9.17) is 20.7 Å². The fourth-order valence-corrected chi connectivity index (χ4v) is 1.38. The van der Waals surface area contributed by atoms with Crippen molar-refractivity contribution in [1.29, 1.82) is 0 Å². The maximum absolute atomic E-state index is 11.4. The molecule has 0 fully saturated rings. The molecule has 0 amide bonds. The number of fused-ring (bicyclic) bond motifs is 1. The molecule has 11 nitrogen and oxygen atoms in total. The number of aliphatic hydroxyl groups excluding tert-OH is 2. The number of ether oxygens (including phenoxy) is 1. The molecular weight excluding hydrogens is 297 g/mol. The van der Waals surface area contributed by atoms with Gasteiger partial charge in [-0.25, -0.2) is 9.97 Å². The number of nitrogens with two attached hydrogens (primary N) is 1. The molecule has 0 spiro atoms. The van der Waals surface area contributed by atoms with Crippen LogP contribution in [0.3, 0.4) is 0 Å². The van der Waals surface area contributed by atoms with Crippen LogP contribution >= 0.6 is 0 Å². The Kier molecular flexibility index (Phi) is 10.4. The maximum atomic E-state index is 11.4. The molecule has 114 valence electrons. The SMILES string of the molecule is Nc1nc([O-])c2ncn(COC(CO)CO)c2n1.O.O.[Na+]. The summed E-state index contributed by atoms with van der Waals surface area (Å²) in [5, 5.41) is 29.1. The van der Waals surface area contributed by atoms with Gasteiger partial charge in [-0.2, -0.15) is 4.98 Å². The van der Waals surface area contributed by atoms with Gasteiger partial charge in [-0.3, -0.25) is 4.57 Å². The van der Waals surface area contributed by atoms with Crippen molar-refractivity contribution < 1.29 is 60.6 Å². The van der Waals surface area contributed by atoms with Crippen LogP contribution in [0.25, 0.3) is 11.2 Å². The molecule has 0 unspecified atom stereocenters. The number of hydrogen-bond acceptors (Lipinski definition) is 8. The van der Waals surface area contributed by atoms with Crippen LogP contribution in [-0.4, -0.2) is 60.0 Å². The van der Waals surface area contributed by atoms with Gasteiger partial charge in [-0.15, -0.1) is 0 Å². The van der Waals surface area contributed by atoms with E-state index in [2.05, 4.69) is 15.0 Å². The summed E-state index contributed by atoms with van der Waals surface area (Å²) in [6, 6.07) is 0. The van der Waals surface area contributed by atoms with E-state index >= 15 is 0 Å². The van der Waals surface area contributed by atoms with Gasteiger partial charge in [-0.05, 0) is 0 Å². The molecule has 0 aliphatic heterocycles. The van der Waals surface area contributed by atoms with E-state index in [1.54, 1.807) is 0 Å². The summed E-state index contributed by atoms with van der Waals surface area (Å²) < 4.78 is 6.63. The van der Waals surface area contributed by atoms with Crippen molar-refractivity contribution in [2.75, 3.05) is 18.9 Å². The van der Waals surface area contributed by atoms with Crippen molar-refractivity contribution in [2.45, 2.75) is 12.8 Å². The predicted molar refractivity (Wildman–Crippen MR) is 65.5 cm³/mol. The van der Waals surface area contributed by atoms with Crippen molar-refractivity contribution in [3.05, 3.63) is 6.33 Å². The summed E-state index contributed by atoms with van der Waals surface area (Å²) in [4.78, 5) is 11.2. The van der Waals surface area contributed by atoms with E-state index in [0.717, 1.165) is 0 Å². The van der Waals surface area contributed by atoms with E-state index in [1.165, 1.54) is 10.9 Å². The number of rotatable bonds is 5. The van der Waals surface area contributed by atoms with Crippen LogP contribution in [0.1, 0.15) is 0 Å². The zero-order chi connectivity index (χ0) is 13.1. The van der Waals surface area contributed by atoms with Gasteiger partial charge < -0.3 is 36.7 Å². The Labute approximate surface area is 141 Å². The molecule has 2 heterocycles. The van der Waals surface area contributed by atoms with Crippen LogP contribution in [0.5, 0.6) is 5.88 Å². The van der Waals surface area contributed by atoms with Crippen LogP contribution < -0.4 is 40.4 Å². The first-order valence-corrected chi connectivity index (χ1v) is 5.14. The first kappa shape index (κ1) is 22.2. The summed E-state index contributed by atoms with van der Waals surface area (Å²) in [5.74, 6) is -0.702. The third-order valence-electron chi connectivity index (χ3n) is 2.31. The first-order valence-electron chi connectivity index (χ1n) is 5.14. The van der Waals surface area contributed by atoms with Gasteiger partial charge in [0.2, 0.25) is 5.95 Å². The number of nitrogen functional groups attached to an aromatic ring is 1. The Morgan fingerprint density at radius 3 is 2.48 bits per heavy atom. The standard InChI is InChI=1S/C9H13N5O4.Na.2H2O/c10-9-12-7-6(8(17)13-9)11-3-14(7)4-18-5(1-15)2-16;;;/h3,5,15-16H,1-2,4H2,(H3,10,12,13,17);;2*1H2/q;+1;;/p-1. The number of aromatic nitrogens is 4. The third kappa shape index (κ3) is 5.01. The number of anilines is 1. The smallest absolute Gasteiger partial charge is 0.857 e. The minimum absolute atomic E-state index is 0. The van der Waals surface area contributed by atoms with E-state index in [0.29, 0.717) is 0 Å². The molecule has 12 heteroatoms. The summed E-state index contributed by atoms with van der Waals surface area (Å²) in [6.07, 6.45) is 0.653. The minimum Gasteiger partial charge on any atom is -0.857 e. The number of imidazole rings is 1. The summed E-state index contributed by atoms with van der Waals surface area (Å²) in [5.41, 5.74) is 5.72. The van der Waals surface area contributed by atoms with E-state index in [9.17, 15) is 5.11 Å². The van der Waals surface area contributed by atoms with Gasteiger partial charge in [0.15, 0.2) is 5.65 Å². The summed E-state index contributed by atoms with van der Waals surface area (Å²) >= 11 is 0. The fourth-order valence-electron chi connectivity index (χ4n) is 1.38. The minimum atomic E-state index is -0.701. The Bertz CT molecular complexity index is 549. The first-order chi connectivity index (χ1) is 8.65. The van der Waals surface area contributed by atoms with Crippen molar-refractivity contribution in [3.8, 4) is 5.88 Å². The van der Waals surface area contributed by atoms with Gasteiger partial charge in [0, 0.05) is 5.88 Å². The molecule has 0 radical (unpaired) electrons. The molecule has 0 aliphatic rings. The zero-order valence-corrected chi connectivity index (χ0v) is 13.4. The quantitative estimate of drug-likeness (QED) is 0.451. The Morgan fingerprint density at radius 1 is 1.29 bits per heavy atom. The number of nitrogens with zero attached hydrogens (tertiary/aromatic N) is 4. The van der Waals surface area contributed by atoms with Crippen molar-refractivity contribution in [3.63, 3.8) is 0 Å². The number of hydrogen-bond donors (Lipinski definition) is 3. The molecule has 0 saturated carbocycles. The Balaban J connectivity index is 0. The fraction of sp³-hybridized carbons (Fsp3) is 0.444. The second-order valence-corrected chi connectivity index (χ2v) is 3.56. The molecule has 2 rings (SSSR count). The van der Waals surface area contributed by atoms with Gasteiger partial charge in [-0.1, -0.05) is 0 Å². The average molecular weight is 313 g/mol. The van der Waals surface area contributed by atoms with Crippen molar-refractivity contribution in [1.82, 2.24) is 19.5 Å². The zero-order valence-electron chi connectivity index (χ0n) is 11.4. The van der Waals surface area contributed by atoms with Gasteiger partial charge in [0.1, 0.15) is 18.4 Å². The van der Waals surface area contributed by atoms with Gasteiger partial charge >= 0.3 is 29.6 Å².